The molecule has 1 fully saturated rings. The first-order valence-electron chi connectivity index (χ1n) is 8.28. The van der Waals surface area contributed by atoms with Crippen LogP contribution in [-0.2, 0) is 12.0 Å². The largest absolute Gasteiger partial charge is 0.356 e. The third-order valence-electron chi connectivity index (χ3n) is 4.69. The zero-order valence-corrected chi connectivity index (χ0v) is 16.7. The zero-order chi connectivity index (χ0) is 16.1. The molecule has 0 bridgehead atoms. The molecule has 0 radical (unpaired) electrons. The van der Waals surface area contributed by atoms with Crippen LogP contribution in [0.2, 0.25) is 0 Å². The van der Waals surface area contributed by atoms with Crippen molar-refractivity contribution in [3.63, 3.8) is 0 Å². The fraction of sp³-hybridized carbons (Fsp3) is 0.350. The Morgan fingerprint density at radius 2 is 1.67 bits per heavy atom. The molecule has 0 spiro atoms. The quantitative estimate of drug-likeness (QED) is 0.423. The van der Waals surface area contributed by atoms with Crippen LogP contribution in [0.5, 0.6) is 0 Å². The van der Waals surface area contributed by atoms with Gasteiger partial charge in [-0.2, -0.15) is 0 Å². The second-order valence-electron chi connectivity index (χ2n) is 6.36. The van der Waals surface area contributed by atoms with Crippen molar-refractivity contribution >= 4 is 29.9 Å². The normalized spacial score (nSPS) is 15.3. The van der Waals surface area contributed by atoms with Crippen molar-refractivity contribution in [2.75, 3.05) is 13.6 Å². The van der Waals surface area contributed by atoms with Crippen LogP contribution in [0.4, 0.5) is 0 Å². The number of hydrogen-bond acceptors (Lipinski definition) is 1. The Morgan fingerprint density at radius 1 is 1.00 bits per heavy atom. The van der Waals surface area contributed by atoms with Gasteiger partial charge in [-0.15, -0.1) is 24.0 Å². The predicted molar refractivity (Wildman–Crippen MR) is 112 cm³/mol. The van der Waals surface area contributed by atoms with Crippen LogP contribution in [-0.4, -0.2) is 19.6 Å². The van der Waals surface area contributed by atoms with Crippen molar-refractivity contribution in [1.82, 2.24) is 10.6 Å². The number of aryl methyl sites for hydroxylation is 1. The molecule has 0 heterocycles. The van der Waals surface area contributed by atoms with Gasteiger partial charge in [0.1, 0.15) is 0 Å². The van der Waals surface area contributed by atoms with Gasteiger partial charge in [-0.05, 0) is 36.5 Å². The molecular weight excluding hydrogens is 409 g/mol. The van der Waals surface area contributed by atoms with E-state index >= 15 is 0 Å². The lowest BCUT2D eigenvalue weighted by Gasteiger charge is -2.20. The topological polar surface area (TPSA) is 36.4 Å². The van der Waals surface area contributed by atoms with Crippen LogP contribution in [0.25, 0.3) is 0 Å². The summed E-state index contributed by atoms with van der Waals surface area (Å²) in [5.41, 5.74) is 4.41. The number of guanidine groups is 1. The Kier molecular flexibility index (Phi) is 6.66. The molecule has 2 N–H and O–H groups in total. The Morgan fingerprint density at radius 3 is 2.29 bits per heavy atom. The van der Waals surface area contributed by atoms with Crippen molar-refractivity contribution in [2.24, 2.45) is 4.99 Å². The first-order chi connectivity index (χ1) is 11.2. The Labute approximate surface area is 162 Å². The zero-order valence-electron chi connectivity index (χ0n) is 14.4. The van der Waals surface area contributed by atoms with E-state index in [1.165, 1.54) is 29.5 Å². The lowest BCUT2D eigenvalue weighted by molar-refractivity contribution is 0.642. The molecule has 2 aromatic rings. The molecule has 3 nitrogen and oxygen atoms in total. The molecule has 2 aromatic carbocycles. The van der Waals surface area contributed by atoms with Crippen molar-refractivity contribution in [3.05, 3.63) is 71.3 Å². The van der Waals surface area contributed by atoms with Gasteiger partial charge in [0.2, 0.25) is 0 Å². The summed E-state index contributed by atoms with van der Waals surface area (Å²) in [6, 6.07) is 19.1. The fourth-order valence-electron chi connectivity index (χ4n) is 3.12. The highest BCUT2D eigenvalue weighted by molar-refractivity contribution is 14.0. The van der Waals surface area contributed by atoms with E-state index < -0.39 is 0 Å². The molecule has 4 heteroatoms. The molecule has 0 aliphatic heterocycles. The molecule has 1 saturated carbocycles. The van der Waals surface area contributed by atoms with Gasteiger partial charge in [0.15, 0.2) is 5.96 Å². The average Bonchev–Trinajstić information content (AvgIpc) is 3.37. The molecule has 1 aliphatic rings. The molecule has 24 heavy (non-hydrogen) atoms. The fourth-order valence-corrected chi connectivity index (χ4v) is 3.12. The third-order valence-corrected chi connectivity index (χ3v) is 4.69. The number of nitrogens with zero attached hydrogens (tertiary/aromatic N) is 1. The smallest absolute Gasteiger partial charge is 0.191 e. The van der Waals surface area contributed by atoms with Gasteiger partial charge in [-0.1, -0.05) is 54.6 Å². The van der Waals surface area contributed by atoms with E-state index in [9.17, 15) is 0 Å². The van der Waals surface area contributed by atoms with Gasteiger partial charge in [-0.3, -0.25) is 4.99 Å². The van der Waals surface area contributed by atoms with Crippen LogP contribution >= 0.6 is 24.0 Å². The number of rotatable bonds is 5. The third kappa shape index (κ3) is 4.50. The van der Waals surface area contributed by atoms with Gasteiger partial charge in [-0.25, -0.2) is 0 Å². The Hall–Kier alpha value is -1.56. The average molecular weight is 435 g/mol. The van der Waals surface area contributed by atoms with Crippen molar-refractivity contribution < 1.29 is 0 Å². The minimum Gasteiger partial charge on any atom is -0.356 e. The summed E-state index contributed by atoms with van der Waals surface area (Å²) >= 11 is 0. The molecule has 0 saturated heterocycles. The van der Waals surface area contributed by atoms with Crippen LogP contribution in [0.3, 0.4) is 0 Å². The molecule has 128 valence electrons. The van der Waals surface area contributed by atoms with Crippen molar-refractivity contribution in [2.45, 2.75) is 31.7 Å². The summed E-state index contributed by atoms with van der Waals surface area (Å²) in [6.07, 6.45) is 2.50. The summed E-state index contributed by atoms with van der Waals surface area (Å²) < 4.78 is 0. The molecule has 0 atom stereocenters. The molecule has 3 rings (SSSR count). The number of halogens is 1. The van der Waals surface area contributed by atoms with Crippen LogP contribution in [0, 0.1) is 6.92 Å². The lowest BCUT2D eigenvalue weighted by atomic mass is 9.92. The summed E-state index contributed by atoms with van der Waals surface area (Å²) in [6.45, 7) is 3.93. The maximum Gasteiger partial charge on any atom is 0.191 e. The van der Waals surface area contributed by atoms with E-state index in [0.717, 1.165) is 19.0 Å². The second kappa shape index (κ2) is 8.51. The standard InChI is InChI=1S/C20H25N3.HI/c1-16-8-6-7-11-18(16)20(12-13-20)15-23-19(21-2)22-14-17-9-4-3-5-10-17;/h3-11H,12-15H2,1-2H3,(H2,21,22,23);1H. The first kappa shape index (κ1) is 18.8. The summed E-state index contributed by atoms with van der Waals surface area (Å²) in [5.74, 6) is 0.869. The Balaban J connectivity index is 0.00000208. The molecule has 0 unspecified atom stereocenters. The monoisotopic (exact) mass is 435 g/mol. The SMILES string of the molecule is CN=C(NCc1ccccc1)NCC1(c2ccccc2C)CC1.I. The van der Waals surface area contributed by atoms with E-state index in [-0.39, 0.29) is 29.4 Å². The summed E-state index contributed by atoms with van der Waals surface area (Å²) in [7, 11) is 1.83. The van der Waals surface area contributed by atoms with Gasteiger partial charge in [0.05, 0.1) is 0 Å². The van der Waals surface area contributed by atoms with Crippen LogP contribution < -0.4 is 10.6 Å². The number of benzene rings is 2. The summed E-state index contributed by atoms with van der Waals surface area (Å²) in [4.78, 5) is 4.34. The van der Waals surface area contributed by atoms with E-state index in [2.05, 4.69) is 71.1 Å². The first-order valence-corrected chi connectivity index (χ1v) is 8.28. The highest BCUT2D eigenvalue weighted by Gasteiger charge is 2.44. The lowest BCUT2D eigenvalue weighted by Crippen LogP contribution is -2.41. The van der Waals surface area contributed by atoms with Gasteiger partial charge in [0.25, 0.3) is 0 Å². The van der Waals surface area contributed by atoms with Gasteiger partial charge < -0.3 is 10.6 Å². The minimum absolute atomic E-state index is 0. The molecule has 0 aromatic heterocycles. The maximum absolute atomic E-state index is 4.34. The molecule has 0 amide bonds. The Bertz CT molecular complexity index is 678. The molecule has 1 aliphatic carbocycles. The minimum atomic E-state index is 0. The van der Waals surface area contributed by atoms with Gasteiger partial charge in [0, 0.05) is 25.6 Å². The van der Waals surface area contributed by atoms with Crippen molar-refractivity contribution in [1.29, 1.82) is 0 Å². The predicted octanol–water partition coefficient (Wildman–Crippen LogP) is 4.01. The number of aliphatic imine (C=N–C) groups is 1. The van der Waals surface area contributed by atoms with E-state index in [4.69, 9.17) is 0 Å². The highest BCUT2D eigenvalue weighted by atomic mass is 127. The molecular formula is C20H26IN3. The second-order valence-corrected chi connectivity index (χ2v) is 6.36. The van der Waals surface area contributed by atoms with Gasteiger partial charge >= 0.3 is 0 Å². The van der Waals surface area contributed by atoms with Crippen LogP contribution in [0.15, 0.2) is 59.6 Å². The maximum atomic E-state index is 4.34. The number of hydrogen-bond donors (Lipinski definition) is 2. The number of nitrogens with one attached hydrogen (secondary N) is 2. The highest BCUT2D eigenvalue weighted by Crippen LogP contribution is 2.48. The van der Waals surface area contributed by atoms with Crippen molar-refractivity contribution in [3.8, 4) is 0 Å². The van der Waals surface area contributed by atoms with E-state index in [1.807, 2.05) is 13.1 Å². The summed E-state index contributed by atoms with van der Waals surface area (Å²) in [5, 5.41) is 6.90. The van der Waals surface area contributed by atoms with E-state index in [1.54, 1.807) is 0 Å². The van der Waals surface area contributed by atoms with E-state index in [0.29, 0.717) is 0 Å². The van der Waals surface area contributed by atoms with Crippen LogP contribution in [0.1, 0.15) is 29.5 Å².